The summed E-state index contributed by atoms with van der Waals surface area (Å²) >= 11 is 3.34. The molecule has 1 N–H and O–H groups in total. The third-order valence-corrected chi connectivity index (χ3v) is 4.13. The van der Waals surface area contributed by atoms with Gasteiger partial charge >= 0.3 is 0 Å². The molecule has 0 saturated carbocycles. The van der Waals surface area contributed by atoms with Gasteiger partial charge in [0, 0.05) is 34.8 Å². The average Bonchev–Trinajstić information content (AvgIpc) is 2.40. The minimum atomic E-state index is -0.960. The number of quaternary nitrogens is 1. The summed E-state index contributed by atoms with van der Waals surface area (Å²) in [5.41, 5.74) is 0.706. The second kappa shape index (κ2) is 6.30. The zero-order valence-corrected chi connectivity index (χ0v) is 12.1. The fourth-order valence-electron chi connectivity index (χ4n) is 2.40. The van der Waals surface area contributed by atoms with E-state index in [4.69, 9.17) is 0 Å². The molecule has 0 unspecified atom stereocenters. The molecule has 0 aliphatic carbocycles. The highest BCUT2D eigenvalue weighted by Crippen LogP contribution is 2.11. The van der Waals surface area contributed by atoms with E-state index in [1.54, 1.807) is 12.1 Å². The SMILES string of the molecule is O=C(C[NH+]1CCC(C(=O)[O-])CC1)c1ccc(Br)cc1. The number of ketones is 1. The van der Waals surface area contributed by atoms with Crippen molar-refractivity contribution in [2.45, 2.75) is 12.8 Å². The molecule has 4 nitrogen and oxygen atoms in total. The van der Waals surface area contributed by atoms with Crippen molar-refractivity contribution in [3.8, 4) is 0 Å². The van der Waals surface area contributed by atoms with Crippen LogP contribution in [-0.4, -0.2) is 31.4 Å². The van der Waals surface area contributed by atoms with Crippen molar-refractivity contribution < 1.29 is 19.6 Å². The van der Waals surface area contributed by atoms with Crippen molar-refractivity contribution in [3.63, 3.8) is 0 Å². The Bertz CT molecular complexity index is 464. The van der Waals surface area contributed by atoms with Gasteiger partial charge in [0.25, 0.3) is 0 Å². The fourth-order valence-corrected chi connectivity index (χ4v) is 2.67. The molecule has 0 spiro atoms. The molecule has 1 aromatic carbocycles. The zero-order valence-electron chi connectivity index (χ0n) is 10.5. The van der Waals surface area contributed by atoms with Crippen molar-refractivity contribution in [1.29, 1.82) is 0 Å². The summed E-state index contributed by atoms with van der Waals surface area (Å²) in [6.07, 6.45) is 1.20. The van der Waals surface area contributed by atoms with Crippen LogP contribution in [0.4, 0.5) is 0 Å². The van der Waals surface area contributed by atoms with E-state index in [0.29, 0.717) is 24.9 Å². The molecule has 2 rings (SSSR count). The maximum Gasteiger partial charge on any atom is 0.216 e. The predicted molar refractivity (Wildman–Crippen MR) is 71.8 cm³/mol. The number of carbonyl (C=O) groups excluding carboxylic acids is 2. The minimum Gasteiger partial charge on any atom is -0.550 e. The van der Waals surface area contributed by atoms with Gasteiger partial charge in [-0.2, -0.15) is 0 Å². The van der Waals surface area contributed by atoms with Crippen molar-refractivity contribution in [3.05, 3.63) is 34.3 Å². The predicted octanol–water partition coefficient (Wildman–Crippen LogP) is -0.323. The van der Waals surface area contributed by atoms with E-state index >= 15 is 0 Å². The molecule has 5 heteroatoms. The number of halogens is 1. The Morgan fingerprint density at radius 3 is 2.32 bits per heavy atom. The standard InChI is InChI=1S/C14H16BrNO3/c15-12-3-1-10(2-4-12)13(17)9-16-7-5-11(6-8-16)14(18)19/h1-4,11H,5-9H2,(H,18,19). The third kappa shape index (κ3) is 3.88. The molecule has 1 fully saturated rings. The molecule has 1 heterocycles. The van der Waals surface area contributed by atoms with Crippen molar-refractivity contribution >= 4 is 27.7 Å². The Hall–Kier alpha value is -1.20. The number of aliphatic carboxylic acids is 1. The van der Waals surface area contributed by atoms with Gasteiger partial charge in [-0.05, 0) is 12.1 Å². The van der Waals surface area contributed by atoms with Crippen molar-refractivity contribution in [1.82, 2.24) is 0 Å². The summed E-state index contributed by atoms with van der Waals surface area (Å²) in [4.78, 5) is 24.0. The lowest BCUT2D eigenvalue weighted by Gasteiger charge is -2.29. The van der Waals surface area contributed by atoms with Crippen LogP contribution in [0.5, 0.6) is 0 Å². The second-order valence-electron chi connectivity index (χ2n) is 4.95. The second-order valence-corrected chi connectivity index (χ2v) is 5.87. The van der Waals surface area contributed by atoms with Crippen LogP contribution in [0, 0.1) is 5.92 Å². The molecule has 102 valence electrons. The number of carboxylic acids is 1. The molecule has 0 aromatic heterocycles. The first-order chi connectivity index (χ1) is 9.06. The topological polar surface area (TPSA) is 61.6 Å². The highest BCUT2D eigenvalue weighted by molar-refractivity contribution is 9.10. The van der Waals surface area contributed by atoms with Crippen LogP contribution in [-0.2, 0) is 4.79 Å². The molecule has 0 radical (unpaired) electrons. The Balaban J connectivity index is 1.87. The number of rotatable bonds is 4. The van der Waals surface area contributed by atoms with Crippen LogP contribution in [0.15, 0.2) is 28.7 Å². The van der Waals surface area contributed by atoms with Crippen LogP contribution in [0.2, 0.25) is 0 Å². The van der Waals surface area contributed by atoms with E-state index < -0.39 is 5.97 Å². The summed E-state index contributed by atoms with van der Waals surface area (Å²) in [6, 6.07) is 7.31. The van der Waals surface area contributed by atoms with Gasteiger partial charge in [-0.3, -0.25) is 4.79 Å². The Morgan fingerprint density at radius 1 is 1.21 bits per heavy atom. The lowest BCUT2D eigenvalue weighted by Crippen LogP contribution is -3.14. The molecule has 1 aliphatic rings. The van der Waals surface area contributed by atoms with Gasteiger partial charge in [-0.25, -0.2) is 0 Å². The number of benzene rings is 1. The Morgan fingerprint density at radius 2 is 1.79 bits per heavy atom. The minimum absolute atomic E-state index is 0.106. The smallest absolute Gasteiger partial charge is 0.216 e. The number of carbonyl (C=O) groups is 2. The van der Waals surface area contributed by atoms with Crippen LogP contribution in [0.1, 0.15) is 23.2 Å². The van der Waals surface area contributed by atoms with Crippen molar-refractivity contribution in [2.24, 2.45) is 5.92 Å². The fraction of sp³-hybridized carbons (Fsp3) is 0.429. The van der Waals surface area contributed by atoms with Gasteiger partial charge in [0.1, 0.15) is 6.54 Å². The number of likely N-dealkylation sites (tertiary alicyclic amines) is 1. The highest BCUT2D eigenvalue weighted by atomic mass is 79.9. The number of Topliss-reactive ketones (excluding diaryl/α,β-unsaturated/α-hetero) is 1. The highest BCUT2D eigenvalue weighted by Gasteiger charge is 2.24. The molecule has 19 heavy (non-hydrogen) atoms. The summed E-state index contributed by atoms with van der Waals surface area (Å²) in [6.45, 7) is 1.88. The van der Waals surface area contributed by atoms with Gasteiger partial charge < -0.3 is 14.8 Å². The van der Waals surface area contributed by atoms with Gasteiger partial charge in [-0.1, -0.05) is 28.1 Å². The first-order valence-corrected chi connectivity index (χ1v) is 7.19. The molecule has 1 aromatic rings. The number of hydrogen-bond acceptors (Lipinski definition) is 3. The lowest BCUT2D eigenvalue weighted by molar-refractivity contribution is -0.897. The number of nitrogens with one attached hydrogen (secondary N) is 1. The maximum atomic E-state index is 12.1. The molecular formula is C14H16BrNO3. The largest absolute Gasteiger partial charge is 0.550 e. The number of carboxylic acid groups (broad SMARTS) is 1. The summed E-state index contributed by atoms with van der Waals surface area (Å²) in [5.74, 6) is -1.20. The summed E-state index contributed by atoms with van der Waals surface area (Å²) < 4.78 is 0.950. The van der Waals surface area contributed by atoms with E-state index in [2.05, 4.69) is 15.9 Å². The van der Waals surface area contributed by atoms with E-state index in [-0.39, 0.29) is 11.7 Å². The van der Waals surface area contributed by atoms with E-state index in [0.717, 1.165) is 22.5 Å². The van der Waals surface area contributed by atoms with Crippen LogP contribution in [0.3, 0.4) is 0 Å². The lowest BCUT2D eigenvalue weighted by atomic mass is 9.97. The molecule has 1 saturated heterocycles. The summed E-state index contributed by atoms with van der Waals surface area (Å²) in [5, 5.41) is 10.7. The third-order valence-electron chi connectivity index (χ3n) is 3.60. The van der Waals surface area contributed by atoms with Crippen LogP contribution >= 0.6 is 15.9 Å². The van der Waals surface area contributed by atoms with Crippen molar-refractivity contribution in [2.75, 3.05) is 19.6 Å². The number of piperidine rings is 1. The normalized spacial score (nSPS) is 23.0. The maximum absolute atomic E-state index is 12.1. The van der Waals surface area contributed by atoms with Gasteiger partial charge in [0.15, 0.2) is 0 Å². The van der Waals surface area contributed by atoms with E-state index in [1.165, 1.54) is 0 Å². The van der Waals surface area contributed by atoms with Gasteiger partial charge in [-0.15, -0.1) is 0 Å². The van der Waals surface area contributed by atoms with Crippen LogP contribution < -0.4 is 10.0 Å². The quantitative estimate of drug-likeness (QED) is 0.772. The van der Waals surface area contributed by atoms with E-state index in [9.17, 15) is 14.7 Å². The average molecular weight is 326 g/mol. The van der Waals surface area contributed by atoms with Gasteiger partial charge in [0.05, 0.1) is 13.1 Å². The number of hydrogen-bond donors (Lipinski definition) is 1. The Kier molecular flexibility index (Phi) is 4.71. The molecule has 0 atom stereocenters. The van der Waals surface area contributed by atoms with E-state index in [1.807, 2.05) is 12.1 Å². The first kappa shape index (κ1) is 14.2. The molecule has 0 bridgehead atoms. The molecule has 1 aliphatic heterocycles. The summed E-state index contributed by atoms with van der Waals surface area (Å²) in [7, 11) is 0. The van der Waals surface area contributed by atoms with Crippen LogP contribution in [0.25, 0.3) is 0 Å². The molecule has 0 amide bonds. The monoisotopic (exact) mass is 325 g/mol. The first-order valence-electron chi connectivity index (χ1n) is 6.39. The zero-order chi connectivity index (χ0) is 13.8. The molecular weight excluding hydrogens is 310 g/mol. The Labute approximate surface area is 120 Å². The van der Waals surface area contributed by atoms with Gasteiger partial charge in [0.2, 0.25) is 5.78 Å².